The van der Waals surface area contributed by atoms with Gasteiger partial charge in [0, 0.05) is 17.5 Å². The quantitative estimate of drug-likeness (QED) is 0.806. The lowest BCUT2D eigenvalue weighted by molar-refractivity contribution is -0.116. The number of aliphatic hydroxyl groups is 1. The zero-order chi connectivity index (χ0) is 13.6. The van der Waals surface area contributed by atoms with Gasteiger partial charge in [-0.25, -0.2) is 0 Å². The van der Waals surface area contributed by atoms with E-state index in [9.17, 15) is 9.90 Å². The Morgan fingerprint density at radius 1 is 1.56 bits per heavy atom. The second-order valence-electron chi connectivity index (χ2n) is 5.31. The number of hydrogen-bond donors (Lipinski definition) is 2. The smallest absolute Gasteiger partial charge is 0.244 e. The van der Waals surface area contributed by atoms with Crippen LogP contribution in [0.5, 0.6) is 0 Å². The average molecular weight is 267 g/mol. The van der Waals surface area contributed by atoms with Crippen LogP contribution >= 0.6 is 11.3 Å². The monoisotopic (exact) mass is 267 g/mol. The van der Waals surface area contributed by atoms with E-state index in [0.717, 1.165) is 4.88 Å². The van der Waals surface area contributed by atoms with Gasteiger partial charge in [0.1, 0.15) is 0 Å². The Morgan fingerprint density at radius 2 is 2.28 bits per heavy atom. The van der Waals surface area contributed by atoms with Gasteiger partial charge < -0.3 is 10.4 Å². The topological polar surface area (TPSA) is 49.3 Å². The molecule has 0 aliphatic heterocycles. The highest BCUT2D eigenvalue weighted by molar-refractivity contribution is 7.10. The number of thiophene rings is 1. The minimum absolute atomic E-state index is 0.121. The zero-order valence-electron chi connectivity index (χ0n) is 11.1. The van der Waals surface area contributed by atoms with E-state index in [1.807, 2.05) is 38.3 Å². The van der Waals surface area contributed by atoms with E-state index < -0.39 is 6.10 Å². The Balaban J connectivity index is 2.26. The third-order valence-electron chi connectivity index (χ3n) is 2.66. The molecule has 0 spiro atoms. The van der Waals surface area contributed by atoms with Crippen molar-refractivity contribution in [2.24, 2.45) is 5.41 Å². The van der Waals surface area contributed by atoms with Crippen molar-refractivity contribution in [3.8, 4) is 0 Å². The maximum absolute atomic E-state index is 11.5. The number of hydrogen-bond acceptors (Lipinski definition) is 3. The van der Waals surface area contributed by atoms with Crippen molar-refractivity contribution in [3.05, 3.63) is 28.5 Å². The molecular formula is C14H21NO2S. The van der Waals surface area contributed by atoms with Crippen LogP contribution in [0.2, 0.25) is 0 Å². The van der Waals surface area contributed by atoms with E-state index in [2.05, 4.69) is 5.32 Å². The third kappa shape index (κ3) is 5.47. The number of amides is 1. The standard InChI is InChI=1S/C14H21NO2S/c1-14(2,3)12(16)8-9-15-13(17)7-6-11-5-4-10-18-11/h4-7,10,12,16H,8-9H2,1-3H3,(H,15,17). The van der Waals surface area contributed by atoms with Crippen molar-refractivity contribution in [2.45, 2.75) is 33.3 Å². The van der Waals surface area contributed by atoms with Crippen molar-refractivity contribution in [1.29, 1.82) is 0 Å². The molecule has 1 aromatic rings. The predicted molar refractivity (Wildman–Crippen MR) is 76.4 cm³/mol. The lowest BCUT2D eigenvalue weighted by atomic mass is 9.87. The van der Waals surface area contributed by atoms with Gasteiger partial charge in [0.15, 0.2) is 0 Å². The molecule has 100 valence electrons. The molecule has 3 nitrogen and oxygen atoms in total. The third-order valence-corrected chi connectivity index (χ3v) is 3.50. The molecule has 0 saturated carbocycles. The summed E-state index contributed by atoms with van der Waals surface area (Å²) in [7, 11) is 0. The van der Waals surface area contributed by atoms with Crippen LogP contribution in [0.3, 0.4) is 0 Å². The van der Waals surface area contributed by atoms with Crippen molar-refractivity contribution in [2.75, 3.05) is 6.54 Å². The molecule has 0 saturated heterocycles. The molecule has 4 heteroatoms. The second kappa shape index (κ2) is 6.71. The van der Waals surface area contributed by atoms with Gasteiger partial charge >= 0.3 is 0 Å². The van der Waals surface area contributed by atoms with Gasteiger partial charge in [-0.1, -0.05) is 26.8 Å². The maximum Gasteiger partial charge on any atom is 0.244 e. The van der Waals surface area contributed by atoms with E-state index in [-0.39, 0.29) is 11.3 Å². The molecule has 0 fully saturated rings. The minimum atomic E-state index is -0.404. The van der Waals surface area contributed by atoms with E-state index in [0.29, 0.717) is 13.0 Å². The summed E-state index contributed by atoms with van der Waals surface area (Å²) < 4.78 is 0. The Labute approximate surface area is 113 Å². The van der Waals surface area contributed by atoms with Gasteiger partial charge in [-0.2, -0.15) is 0 Å². The lowest BCUT2D eigenvalue weighted by Gasteiger charge is -2.25. The van der Waals surface area contributed by atoms with Crippen LogP contribution in [-0.4, -0.2) is 23.7 Å². The first kappa shape index (κ1) is 14.9. The van der Waals surface area contributed by atoms with Gasteiger partial charge in [0.2, 0.25) is 5.91 Å². The summed E-state index contributed by atoms with van der Waals surface area (Å²) in [5.74, 6) is -0.121. The van der Waals surface area contributed by atoms with Gasteiger partial charge in [0.25, 0.3) is 0 Å². The largest absolute Gasteiger partial charge is 0.393 e. The van der Waals surface area contributed by atoms with Crippen LogP contribution in [-0.2, 0) is 4.79 Å². The van der Waals surface area contributed by atoms with Crippen LogP contribution in [0.25, 0.3) is 6.08 Å². The molecule has 1 unspecified atom stereocenters. The normalized spacial score (nSPS) is 13.8. The number of nitrogens with one attached hydrogen (secondary N) is 1. The summed E-state index contributed by atoms with van der Waals surface area (Å²) in [4.78, 5) is 12.5. The number of rotatable bonds is 5. The van der Waals surface area contributed by atoms with E-state index >= 15 is 0 Å². The van der Waals surface area contributed by atoms with Crippen molar-refractivity contribution in [1.82, 2.24) is 5.32 Å². The first-order valence-corrected chi connectivity index (χ1v) is 6.95. The average Bonchev–Trinajstić information content (AvgIpc) is 2.77. The van der Waals surface area contributed by atoms with Crippen molar-refractivity contribution < 1.29 is 9.90 Å². The molecule has 0 aromatic carbocycles. The minimum Gasteiger partial charge on any atom is -0.393 e. The fourth-order valence-electron chi connectivity index (χ4n) is 1.37. The fourth-order valence-corrected chi connectivity index (χ4v) is 1.99. The molecule has 0 bridgehead atoms. The summed E-state index contributed by atoms with van der Waals surface area (Å²) in [6.07, 6.45) is 3.48. The first-order valence-electron chi connectivity index (χ1n) is 6.07. The summed E-state index contributed by atoms with van der Waals surface area (Å²) in [6, 6.07) is 3.90. The fraction of sp³-hybridized carbons (Fsp3) is 0.500. The molecule has 1 amide bonds. The summed E-state index contributed by atoms with van der Waals surface area (Å²) in [5, 5.41) is 14.5. The molecular weight excluding hydrogens is 246 g/mol. The van der Waals surface area contributed by atoms with E-state index in [1.165, 1.54) is 6.08 Å². The first-order chi connectivity index (χ1) is 8.39. The Bertz CT molecular complexity index is 390. The Hall–Kier alpha value is -1.13. The summed E-state index contributed by atoms with van der Waals surface area (Å²) in [5.41, 5.74) is -0.141. The molecule has 18 heavy (non-hydrogen) atoms. The number of carbonyl (C=O) groups excluding carboxylic acids is 1. The molecule has 1 rings (SSSR count). The molecule has 1 aromatic heterocycles. The number of carbonyl (C=O) groups is 1. The predicted octanol–water partition coefficient (Wildman–Crippen LogP) is 2.67. The molecule has 0 aliphatic carbocycles. The van der Waals surface area contributed by atoms with E-state index in [1.54, 1.807) is 17.4 Å². The zero-order valence-corrected chi connectivity index (χ0v) is 12.0. The van der Waals surface area contributed by atoms with Crippen LogP contribution < -0.4 is 5.32 Å². The van der Waals surface area contributed by atoms with Crippen LogP contribution in [0.1, 0.15) is 32.1 Å². The molecule has 0 aliphatic rings. The van der Waals surface area contributed by atoms with Gasteiger partial charge in [-0.05, 0) is 29.4 Å². The molecule has 0 radical (unpaired) electrons. The Kier molecular flexibility index (Phi) is 5.56. The second-order valence-corrected chi connectivity index (χ2v) is 6.29. The number of aliphatic hydroxyl groups excluding tert-OH is 1. The molecule has 1 heterocycles. The van der Waals surface area contributed by atoms with Crippen molar-refractivity contribution >= 4 is 23.3 Å². The van der Waals surface area contributed by atoms with Crippen LogP contribution in [0.4, 0.5) is 0 Å². The highest BCUT2D eigenvalue weighted by atomic mass is 32.1. The summed E-state index contributed by atoms with van der Waals surface area (Å²) in [6.45, 7) is 6.44. The lowest BCUT2D eigenvalue weighted by Crippen LogP contribution is -2.31. The summed E-state index contributed by atoms with van der Waals surface area (Å²) >= 11 is 1.59. The van der Waals surface area contributed by atoms with Crippen molar-refractivity contribution in [3.63, 3.8) is 0 Å². The SMILES string of the molecule is CC(C)(C)C(O)CCNC(=O)C=Cc1cccs1. The highest BCUT2D eigenvalue weighted by Crippen LogP contribution is 2.20. The van der Waals surface area contributed by atoms with E-state index in [4.69, 9.17) is 0 Å². The highest BCUT2D eigenvalue weighted by Gasteiger charge is 2.21. The van der Waals surface area contributed by atoms with Crippen LogP contribution in [0.15, 0.2) is 23.6 Å². The van der Waals surface area contributed by atoms with Gasteiger partial charge in [-0.3, -0.25) is 4.79 Å². The molecule has 2 N–H and O–H groups in total. The maximum atomic E-state index is 11.5. The molecule has 1 atom stereocenters. The van der Waals surface area contributed by atoms with Crippen LogP contribution in [0, 0.1) is 5.41 Å². The van der Waals surface area contributed by atoms with Gasteiger partial charge in [0.05, 0.1) is 6.10 Å². The van der Waals surface area contributed by atoms with Gasteiger partial charge in [-0.15, -0.1) is 11.3 Å². The Morgan fingerprint density at radius 3 is 2.83 bits per heavy atom.